The van der Waals surface area contributed by atoms with E-state index in [9.17, 15) is 8.42 Å². The fourth-order valence-corrected chi connectivity index (χ4v) is 6.24. The van der Waals surface area contributed by atoms with Gasteiger partial charge in [-0.15, -0.1) is 0 Å². The van der Waals surface area contributed by atoms with Gasteiger partial charge in [0.1, 0.15) is 0 Å². The Labute approximate surface area is 177 Å². The lowest BCUT2D eigenvalue weighted by Gasteiger charge is -2.34. The van der Waals surface area contributed by atoms with Gasteiger partial charge < -0.3 is 10.6 Å². The summed E-state index contributed by atoms with van der Waals surface area (Å²) in [5.41, 5.74) is 1.18. The van der Waals surface area contributed by atoms with Crippen molar-refractivity contribution in [3.8, 4) is 0 Å². The molecule has 0 aromatic heterocycles. The van der Waals surface area contributed by atoms with Crippen molar-refractivity contribution in [1.29, 1.82) is 0 Å². The van der Waals surface area contributed by atoms with Crippen molar-refractivity contribution in [2.75, 3.05) is 26.2 Å². The van der Waals surface area contributed by atoms with Gasteiger partial charge in [0.05, 0.1) is 4.90 Å². The molecule has 0 spiro atoms. The normalized spacial score (nSPS) is 22.1. The highest BCUT2D eigenvalue weighted by atomic mass is 32.2. The van der Waals surface area contributed by atoms with Crippen molar-refractivity contribution in [3.05, 3.63) is 29.8 Å². The Morgan fingerprint density at radius 3 is 2.28 bits per heavy atom. The monoisotopic (exact) mass is 421 g/mol. The summed E-state index contributed by atoms with van der Waals surface area (Å²) in [5.74, 6) is 0. The van der Waals surface area contributed by atoms with E-state index in [1.54, 1.807) is 12.1 Å². The van der Waals surface area contributed by atoms with E-state index in [0.29, 0.717) is 17.5 Å². The van der Waals surface area contributed by atoms with E-state index in [1.807, 2.05) is 16.4 Å². The third kappa shape index (κ3) is 6.03. The molecular weight excluding hydrogens is 382 g/mol. The number of piperidine rings is 2. The molecule has 0 amide bonds. The van der Waals surface area contributed by atoms with Crippen LogP contribution in [0.5, 0.6) is 0 Å². The van der Waals surface area contributed by atoms with E-state index < -0.39 is 10.0 Å². The molecule has 1 aromatic rings. The molecule has 1 atom stereocenters. The smallest absolute Gasteiger partial charge is 0.243 e. The molecule has 1 unspecified atom stereocenters. The predicted octanol–water partition coefficient (Wildman–Crippen LogP) is 3.65. The van der Waals surface area contributed by atoms with Gasteiger partial charge in [0, 0.05) is 18.6 Å². The van der Waals surface area contributed by atoms with Crippen LogP contribution in [-0.4, -0.2) is 51.0 Å². The lowest BCUT2D eigenvalue weighted by molar-refractivity contribution is 0.252. The molecule has 0 bridgehead atoms. The molecule has 5 nitrogen and oxygen atoms in total. The predicted molar refractivity (Wildman–Crippen MR) is 120 cm³/mol. The average Bonchev–Trinajstić information content (AvgIpc) is 2.72. The largest absolute Gasteiger partial charge is 0.317 e. The van der Waals surface area contributed by atoms with Crippen LogP contribution in [0.15, 0.2) is 29.2 Å². The molecule has 164 valence electrons. The van der Waals surface area contributed by atoms with Crippen LogP contribution in [0.3, 0.4) is 0 Å². The van der Waals surface area contributed by atoms with E-state index in [1.165, 1.54) is 19.3 Å². The molecule has 0 saturated carbocycles. The first kappa shape index (κ1) is 22.7. The summed E-state index contributed by atoms with van der Waals surface area (Å²) in [5, 5.41) is 6.95. The summed E-state index contributed by atoms with van der Waals surface area (Å²) in [6.45, 7) is 9.95. The van der Waals surface area contributed by atoms with Crippen LogP contribution in [0.25, 0.3) is 0 Å². The van der Waals surface area contributed by atoms with Gasteiger partial charge >= 0.3 is 0 Å². The van der Waals surface area contributed by atoms with Crippen LogP contribution in [0.2, 0.25) is 0 Å². The molecule has 2 N–H and O–H groups in total. The van der Waals surface area contributed by atoms with Crippen molar-refractivity contribution in [3.63, 3.8) is 0 Å². The van der Waals surface area contributed by atoms with E-state index in [-0.39, 0.29) is 11.5 Å². The molecule has 2 heterocycles. The summed E-state index contributed by atoms with van der Waals surface area (Å²) in [4.78, 5) is 0.430. The maximum absolute atomic E-state index is 13.6. The zero-order valence-corrected chi connectivity index (χ0v) is 19.2. The zero-order valence-electron chi connectivity index (χ0n) is 18.4. The van der Waals surface area contributed by atoms with Gasteiger partial charge in [0.25, 0.3) is 0 Å². The molecule has 2 saturated heterocycles. The average molecular weight is 422 g/mol. The first-order chi connectivity index (χ1) is 13.8. The van der Waals surface area contributed by atoms with Gasteiger partial charge in [-0.05, 0) is 81.3 Å². The molecule has 3 rings (SSSR count). The molecule has 29 heavy (non-hydrogen) atoms. The van der Waals surface area contributed by atoms with Gasteiger partial charge in [0.2, 0.25) is 10.0 Å². The SMILES string of the molecule is CC(C)(C)c1ccc(S(=O)(=O)N(CCCC2CCCCN2)C2CCNCC2)cc1. The van der Waals surface area contributed by atoms with Crippen LogP contribution in [0, 0.1) is 0 Å². The number of sulfonamides is 1. The highest BCUT2D eigenvalue weighted by Gasteiger charge is 2.32. The number of hydrogen-bond acceptors (Lipinski definition) is 4. The maximum Gasteiger partial charge on any atom is 0.243 e. The van der Waals surface area contributed by atoms with Crippen molar-refractivity contribution in [1.82, 2.24) is 14.9 Å². The number of benzene rings is 1. The van der Waals surface area contributed by atoms with Gasteiger partial charge in [-0.3, -0.25) is 0 Å². The zero-order chi connectivity index (χ0) is 20.9. The second kappa shape index (κ2) is 9.90. The highest BCUT2D eigenvalue weighted by molar-refractivity contribution is 7.89. The summed E-state index contributed by atoms with van der Waals surface area (Å²) in [6, 6.07) is 8.19. The second-order valence-corrected chi connectivity index (χ2v) is 11.6. The van der Waals surface area contributed by atoms with E-state index in [0.717, 1.165) is 50.9 Å². The van der Waals surface area contributed by atoms with Gasteiger partial charge in [0.15, 0.2) is 0 Å². The Kier molecular flexibility index (Phi) is 7.76. The first-order valence-electron chi connectivity index (χ1n) is 11.3. The highest BCUT2D eigenvalue weighted by Crippen LogP contribution is 2.27. The third-order valence-corrected chi connectivity index (χ3v) is 8.35. The Morgan fingerprint density at radius 1 is 1.00 bits per heavy atom. The second-order valence-electron chi connectivity index (χ2n) is 9.66. The standard InChI is InChI=1S/C23H39N3O2S/c1-23(2,3)19-9-11-22(12-10-19)29(27,28)26(21-13-16-24-17-14-21)18-6-8-20-7-4-5-15-25-20/h9-12,20-21,24-25H,4-8,13-18H2,1-3H3. The van der Waals surface area contributed by atoms with Gasteiger partial charge in [-0.1, -0.05) is 39.3 Å². The van der Waals surface area contributed by atoms with E-state index in [2.05, 4.69) is 31.4 Å². The van der Waals surface area contributed by atoms with Crippen molar-refractivity contribution in [2.45, 2.75) is 88.1 Å². The maximum atomic E-state index is 13.6. The lowest BCUT2D eigenvalue weighted by Crippen LogP contribution is -2.46. The molecule has 2 aliphatic rings. The number of rotatable bonds is 7. The number of hydrogen-bond donors (Lipinski definition) is 2. The van der Waals surface area contributed by atoms with Crippen LogP contribution < -0.4 is 10.6 Å². The third-order valence-electron chi connectivity index (χ3n) is 6.39. The Morgan fingerprint density at radius 2 is 1.69 bits per heavy atom. The van der Waals surface area contributed by atoms with Gasteiger partial charge in [-0.2, -0.15) is 4.31 Å². The summed E-state index contributed by atoms with van der Waals surface area (Å²) >= 11 is 0. The van der Waals surface area contributed by atoms with E-state index >= 15 is 0 Å². The fraction of sp³-hybridized carbons (Fsp3) is 0.739. The van der Waals surface area contributed by atoms with Crippen molar-refractivity contribution < 1.29 is 8.42 Å². The molecular formula is C23H39N3O2S. The minimum absolute atomic E-state index is 0.0179. The minimum Gasteiger partial charge on any atom is -0.317 e. The lowest BCUT2D eigenvalue weighted by atomic mass is 9.87. The Balaban J connectivity index is 1.74. The fourth-order valence-electron chi connectivity index (χ4n) is 4.52. The van der Waals surface area contributed by atoms with Crippen molar-refractivity contribution in [2.24, 2.45) is 0 Å². The van der Waals surface area contributed by atoms with E-state index in [4.69, 9.17) is 0 Å². The summed E-state index contributed by atoms with van der Waals surface area (Å²) < 4.78 is 28.9. The van der Waals surface area contributed by atoms with Crippen LogP contribution in [0.4, 0.5) is 0 Å². The molecule has 1 aromatic carbocycles. The summed E-state index contributed by atoms with van der Waals surface area (Å²) in [7, 11) is -3.48. The molecule has 6 heteroatoms. The van der Waals surface area contributed by atoms with Crippen LogP contribution in [0.1, 0.15) is 71.3 Å². The minimum atomic E-state index is -3.48. The number of nitrogens with one attached hydrogen (secondary N) is 2. The first-order valence-corrected chi connectivity index (χ1v) is 12.8. The summed E-state index contributed by atoms with van der Waals surface area (Å²) in [6.07, 6.45) is 7.52. The van der Waals surface area contributed by atoms with Crippen molar-refractivity contribution >= 4 is 10.0 Å². The quantitative estimate of drug-likeness (QED) is 0.705. The van der Waals surface area contributed by atoms with Crippen LogP contribution >= 0.6 is 0 Å². The molecule has 2 aliphatic heterocycles. The molecule has 2 fully saturated rings. The Hall–Kier alpha value is -0.950. The van der Waals surface area contributed by atoms with Crippen LogP contribution in [-0.2, 0) is 15.4 Å². The van der Waals surface area contributed by atoms with Gasteiger partial charge in [-0.25, -0.2) is 8.42 Å². The molecule has 0 radical (unpaired) electrons. The topological polar surface area (TPSA) is 61.4 Å². The molecule has 0 aliphatic carbocycles. The Bertz CT molecular complexity index is 728. The number of nitrogens with zero attached hydrogens (tertiary/aromatic N) is 1.